The minimum atomic E-state index is -0.234. The van der Waals surface area contributed by atoms with E-state index in [1.807, 2.05) is 6.92 Å². The van der Waals surface area contributed by atoms with Gasteiger partial charge in [0, 0.05) is 15.6 Å². The molecule has 0 aliphatic carbocycles. The van der Waals surface area contributed by atoms with Crippen LogP contribution in [0.4, 0.5) is 0 Å². The Morgan fingerprint density at radius 1 is 1.25 bits per heavy atom. The van der Waals surface area contributed by atoms with Gasteiger partial charge in [-0.05, 0) is 31.0 Å². The van der Waals surface area contributed by atoms with E-state index in [0.29, 0.717) is 22.2 Å². The van der Waals surface area contributed by atoms with Crippen LogP contribution in [0.25, 0.3) is 0 Å². The van der Waals surface area contributed by atoms with Gasteiger partial charge in [-0.3, -0.25) is 4.79 Å². The van der Waals surface area contributed by atoms with Crippen molar-refractivity contribution in [2.45, 2.75) is 26.8 Å². The van der Waals surface area contributed by atoms with E-state index >= 15 is 0 Å². The monoisotopic (exact) mass is 329 g/mol. The van der Waals surface area contributed by atoms with Gasteiger partial charge in [-0.15, -0.1) is 10.2 Å². The van der Waals surface area contributed by atoms with Gasteiger partial charge >= 0.3 is 0 Å². The summed E-state index contributed by atoms with van der Waals surface area (Å²) in [4.78, 5) is 12.0. The summed E-state index contributed by atoms with van der Waals surface area (Å²) in [5.74, 6) is -0.234. The number of amides is 1. The average molecular weight is 330 g/mol. The molecule has 0 spiro atoms. The van der Waals surface area contributed by atoms with Crippen LogP contribution in [0.3, 0.4) is 0 Å². The van der Waals surface area contributed by atoms with Crippen LogP contribution in [0.5, 0.6) is 0 Å². The van der Waals surface area contributed by atoms with E-state index in [-0.39, 0.29) is 5.91 Å². The van der Waals surface area contributed by atoms with Crippen LogP contribution >= 0.6 is 34.5 Å². The molecule has 1 aromatic heterocycles. The molecule has 0 radical (unpaired) electrons. The van der Waals surface area contributed by atoms with Crippen LogP contribution in [0.2, 0.25) is 10.0 Å². The van der Waals surface area contributed by atoms with E-state index in [1.165, 1.54) is 11.3 Å². The number of benzene rings is 1. The number of rotatable bonds is 4. The standard InChI is InChI=1S/C13H13Cl2N3OS/c1-3-11-17-18-12(20-11)6-16-13(19)8-4-9(14)7(2)10(15)5-8/h4-5H,3,6H2,1-2H3,(H,16,19). The van der Waals surface area contributed by atoms with E-state index in [9.17, 15) is 4.79 Å². The highest BCUT2D eigenvalue weighted by Crippen LogP contribution is 2.25. The molecule has 1 aromatic carbocycles. The number of carbonyl (C=O) groups is 1. The number of halogens is 2. The number of carbonyl (C=O) groups excluding carboxylic acids is 1. The Hall–Kier alpha value is -1.17. The van der Waals surface area contributed by atoms with Crippen LogP contribution in [-0.4, -0.2) is 16.1 Å². The molecule has 0 saturated carbocycles. The molecule has 20 heavy (non-hydrogen) atoms. The Morgan fingerprint density at radius 3 is 2.40 bits per heavy atom. The SMILES string of the molecule is CCc1nnc(CNC(=O)c2cc(Cl)c(C)c(Cl)c2)s1. The molecule has 0 saturated heterocycles. The van der Waals surface area contributed by atoms with E-state index in [0.717, 1.165) is 22.0 Å². The van der Waals surface area contributed by atoms with Crippen LogP contribution < -0.4 is 5.32 Å². The van der Waals surface area contributed by atoms with Crippen molar-refractivity contribution in [1.82, 2.24) is 15.5 Å². The highest BCUT2D eigenvalue weighted by molar-refractivity contribution is 7.11. The van der Waals surface area contributed by atoms with Gasteiger partial charge in [-0.2, -0.15) is 0 Å². The van der Waals surface area contributed by atoms with Crippen molar-refractivity contribution >= 4 is 40.4 Å². The molecule has 0 unspecified atom stereocenters. The van der Waals surface area contributed by atoms with Gasteiger partial charge in [-0.25, -0.2) is 0 Å². The average Bonchev–Trinajstić information content (AvgIpc) is 2.89. The zero-order valence-electron chi connectivity index (χ0n) is 11.0. The van der Waals surface area contributed by atoms with Gasteiger partial charge < -0.3 is 5.32 Å². The Balaban J connectivity index is 2.05. The summed E-state index contributed by atoms with van der Waals surface area (Å²) in [6.07, 6.45) is 0.842. The summed E-state index contributed by atoms with van der Waals surface area (Å²) in [5, 5.41) is 13.5. The van der Waals surface area contributed by atoms with Crippen LogP contribution in [0.15, 0.2) is 12.1 Å². The van der Waals surface area contributed by atoms with Gasteiger partial charge in [-0.1, -0.05) is 41.5 Å². The number of hydrogen-bond donors (Lipinski definition) is 1. The van der Waals surface area contributed by atoms with Crippen molar-refractivity contribution in [3.63, 3.8) is 0 Å². The highest BCUT2D eigenvalue weighted by atomic mass is 35.5. The largest absolute Gasteiger partial charge is 0.345 e. The summed E-state index contributed by atoms with van der Waals surface area (Å²) in [6.45, 7) is 4.17. The lowest BCUT2D eigenvalue weighted by atomic mass is 10.1. The second kappa shape index (κ2) is 6.52. The zero-order chi connectivity index (χ0) is 14.7. The van der Waals surface area contributed by atoms with Gasteiger partial charge in [0.25, 0.3) is 5.91 Å². The van der Waals surface area contributed by atoms with E-state index in [4.69, 9.17) is 23.2 Å². The number of aryl methyl sites for hydroxylation is 1. The Bertz CT molecular complexity index is 619. The van der Waals surface area contributed by atoms with Crippen molar-refractivity contribution < 1.29 is 4.79 Å². The van der Waals surface area contributed by atoms with Crippen molar-refractivity contribution in [2.75, 3.05) is 0 Å². The lowest BCUT2D eigenvalue weighted by molar-refractivity contribution is 0.0951. The minimum Gasteiger partial charge on any atom is -0.345 e. The van der Waals surface area contributed by atoms with Crippen molar-refractivity contribution in [2.24, 2.45) is 0 Å². The summed E-state index contributed by atoms with van der Waals surface area (Å²) < 4.78 is 0. The molecule has 4 nitrogen and oxygen atoms in total. The Labute approximate surface area is 131 Å². The molecule has 1 amide bonds. The minimum absolute atomic E-state index is 0.234. The fourth-order valence-electron chi connectivity index (χ4n) is 1.54. The third kappa shape index (κ3) is 3.48. The second-order valence-corrected chi connectivity index (χ2v) is 6.15. The highest BCUT2D eigenvalue weighted by Gasteiger charge is 2.11. The zero-order valence-corrected chi connectivity index (χ0v) is 13.4. The molecule has 1 N–H and O–H groups in total. The third-order valence-electron chi connectivity index (χ3n) is 2.75. The lowest BCUT2D eigenvalue weighted by Crippen LogP contribution is -2.22. The Kier molecular flexibility index (Phi) is 4.96. The first-order chi connectivity index (χ1) is 9.51. The fourth-order valence-corrected chi connectivity index (χ4v) is 2.75. The maximum absolute atomic E-state index is 12.0. The van der Waals surface area contributed by atoms with Crippen LogP contribution in [0.1, 0.15) is 32.9 Å². The van der Waals surface area contributed by atoms with Crippen LogP contribution in [0, 0.1) is 6.92 Å². The molecule has 0 atom stereocenters. The van der Waals surface area contributed by atoms with Crippen molar-refractivity contribution in [1.29, 1.82) is 0 Å². The normalized spacial score (nSPS) is 10.6. The molecule has 2 aromatic rings. The fraction of sp³-hybridized carbons (Fsp3) is 0.308. The van der Waals surface area contributed by atoms with Gasteiger partial charge in [0.05, 0.1) is 6.54 Å². The van der Waals surface area contributed by atoms with Gasteiger partial charge in [0.15, 0.2) is 0 Å². The number of aromatic nitrogens is 2. The van der Waals surface area contributed by atoms with Crippen molar-refractivity contribution in [3.05, 3.63) is 43.3 Å². The molecule has 0 aliphatic rings. The third-order valence-corrected chi connectivity index (χ3v) is 4.61. The molecule has 0 aliphatic heterocycles. The van der Waals surface area contributed by atoms with Crippen LogP contribution in [-0.2, 0) is 13.0 Å². The molecule has 106 valence electrons. The number of nitrogens with one attached hydrogen (secondary N) is 1. The summed E-state index contributed by atoms with van der Waals surface area (Å²) in [6, 6.07) is 3.21. The first-order valence-corrected chi connectivity index (χ1v) is 7.63. The number of hydrogen-bond acceptors (Lipinski definition) is 4. The summed E-state index contributed by atoms with van der Waals surface area (Å²) >= 11 is 13.5. The van der Waals surface area contributed by atoms with E-state index in [1.54, 1.807) is 19.1 Å². The number of nitrogens with zero attached hydrogens (tertiary/aromatic N) is 2. The first-order valence-electron chi connectivity index (χ1n) is 6.06. The topological polar surface area (TPSA) is 54.9 Å². The predicted molar refractivity (Wildman–Crippen MR) is 81.7 cm³/mol. The Morgan fingerprint density at radius 2 is 1.85 bits per heavy atom. The van der Waals surface area contributed by atoms with Gasteiger partial charge in [0.1, 0.15) is 10.0 Å². The lowest BCUT2D eigenvalue weighted by Gasteiger charge is -2.06. The molecular formula is C13H13Cl2N3OS. The molecule has 7 heteroatoms. The maximum atomic E-state index is 12.0. The molecule has 0 fully saturated rings. The smallest absolute Gasteiger partial charge is 0.251 e. The summed E-state index contributed by atoms with van der Waals surface area (Å²) in [7, 11) is 0. The molecule has 1 heterocycles. The molecule has 0 bridgehead atoms. The first kappa shape index (κ1) is 15.2. The van der Waals surface area contributed by atoms with E-state index < -0.39 is 0 Å². The molecule has 2 rings (SSSR count). The summed E-state index contributed by atoms with van der Waals surface area (Å²) in [5.41, 5.74) is 1.20. The van der Waals surface area contributed by atoms with Crippen molar-refractivity contribution in [3.8, 4) is 0 Å². The van der Waals surface area contributed by atoms with Gasteiger partial charge in [0.2, 0.25) is 0 Å². The molecular weight excluding hydrogens is 317 g/mol. The predicted octanol–water partition coefficient (Wildman–Crippen LogP) is 3.65. The van der Waals surface area contributed by atoms with E-state index in [2.05, 4.69) is 15.5 Å². The second-order valence-electron chi connectivity index (χ2n) is 4.19. The quantitative estimate of drug-likeness (QED) is 0.931. The maximum Gasteiger partial charge on any atom is 0.251 e.